The number of anilines is 1. The van der Waals surface area contributed by atoms with Gasteiger partial charge in [-0.3, -0.25) is 4.79 Å². The highest BCUT2D eigenvalue weighted by molar-refractivity contribution is 5.92. The smallest absolute Gasteiger partial charge is 0.227 e. The molecule has 0 fully saturated rings. The molecule has 1 amide bonds. The van der Waals surface area contributed by atoms with Crippen LogP contribution in [0.25, 0.3) is 0 Å². The third-order valence-corrected chi connectivity index (χ3v) is 2.99. The van der Waals surface area contributed by atoms with E-state index in [4.69, 9.17) is 6.42 Å². The molecule has 2 heteroatoms. The van der Waals surface area contributed by atoms with Crippen LogP contribution in [0, 0.1) is 23.7 Å². The van der Waals surface area contributed by atoms with E-state index >= 15 is 0 Å². The van der Waals surface area contributed by atoms with Gasteiger partial charge in [0.2, 0.25) is 5.91 Å². The number of carbonyl (C=O) groups is 1. The number of hydrogen-bond donors (Lipinski definition) is 1. The summed E-state index contributed by atoms with van der Waals surface area (Å²) < 4.78 is 0. The maximum Gasteiger partial charge on any atom is 0.227 e. The third kappa shape index (κ3) is 3.64. The number of hydrogen-bond acceptors (Lipinski definition) is 1. The van der Waals surface area contributed by atoms with E-state index in [0.29, 0.717) is 0 Å². The molecule has 1 N–H and O–H groups in total. The molecule has 1 atom stereocenters. The lowest BCUT2D eigenvalue weighted by Crippen LogP contribution is -2.30. The van der Waals surface area contributed by atoms with E-state index in [1.165, 1.54) is 0 Å². The lowest BCUT2D eigenvalue weighted by atomic mass is 9.81. The van der Waals surface area contributed by atoms with Crippen LogP contribution in [0.4, 0.5) is 5.69 Å². The van der Waals surface area contributed by atoms with E-state index in [-0.39, 0.29) is 17.2 Å². The summed E-state index contributed by atoms with van der Waals surface area (Å²) in [6.45, 7) is 8.08. The van der Waals surface area contributed by atoms with E-state index in [1.54, 1.807) is 6.07 Å². The van der Waals surface area contributed by atoms with Crippen molar-refractivity contribution >= 4 is 11.6 Å². The lowest BCUT2D eigenvalue weighted by molar-refractivity contribution is -0.122. The number of benzene rings is 1. The van der Waals surface area contributed by atoms with Crippen LogP contribution in [0.15, 0.2) is 24.3 Å². The van der Waals surface area contributed by atoms with Gasteiger partial charge in [-0.2, -0.15) is 0 Å². The summed E-state index contributed by atoms with van der Waals surface area (Å²) in [5, 5.41) is 2.89. The fourth-order valence-electron chi connectivity index (χ4n) is 1.33. The monoisotopic (exact) mass is 229 g/mol. The number of terminal acetylenes is 1. The fraction of sp³-hybridized carbons (Fsp3) is 0.400. The van der Waals surface area contributed by atoms with Gasteiger partial charge in [-0.1, -0.05) is 39.7 Å². The zero-order valence-corrected chi connectivity index (χ0v) is 10.9. The molecule has 0 aliphatic carbocycles. The zero-order chi connectivity index (χ0) is 13.1. The minimum Gasteiger partial charge on any atom is -0.326 e. The summed E-state index contributed by atoms with van der Waals surface area (Å²) >= 11 is 0. The van der Waals surface area contributed by atoms with E-state index in [0.717, 1.165) is 11.3 Å². The van der Waals surface area contributed by atoms with Crippen molar-refractivity contribution in [3.8, 4) is 12.3 Å². The van der Waals surface area contributed by atoms with Gasteiger partial charge in [0.05, 0.1) is 0 Å². The Morgan fingerprint density at radius 1 is 1.41 bits per heavy atom. The van der Waals surface area contributed by atoms with E-state index in [2.05, 4.69) is 32.0 Å². The van der Waals surface area contributed by atoms with Crippen molar-refractivity contribution in [1.82, 2.24) is 0 Å². The van der Waals surface area contributed by atoms with Crippen molar-refractivity contribution in [3.05, 3.63) is 29.8 Å². The molecule has 17 heavy (non-hydrogen) atoms. The number of carbonyl (C=O) groups excluding carboxylic acids is 1. The Labute approximate surface area is 103 Å². The molecule has 1 rings (SSSR count). The molecule has 90 valence electrons. The van der Waals surface area contributed by atoms with E-state index < -0.39 is 0 Å². The van der Waals surface area contributed by atoms with Gasteiger partial charge in [-0.25, -0.2) is 0 Å². The molecule has 1 aromatic rings. The molecule has 0 bridgehead atoms. The Morgan fingerprint density at radius 2 is 2.06 bits per heavy atom. The van der Waals surface area contributed by atoms with Gasteiger partial charge in [-0.05, 0) is 23.6 Å². The summed E-state index contributed by atoms with van der Waals surface area (Å²) in [5.74, 6) is 2.51. The molecule has 0 saturated carbocycles. The number of nitrogens with one attached hydrogen (secondary N) is 1. The molecule has 0 aliphatic heterocycles. The molecule has 1 aromatic carbocycles. The standard InChI is InChI=1S/C15H19NO/c1-6-12-8-7-9-13(10-12)16-14(17)11(2)15(3,4)5/h1,7-11H,2-5H3,(H,16,17). The Kier molecular flexibility index (Phi) is 3.96. The fourth-order valence-corrected chi connectivity index (χ4v) is 1.33. The van der Waals surface area contributed by atoms with E-state index in [1.807, 2.05) is 25.1 Å². The van der Waals surface area contributed by atoms with Crippen molar-refractivity contribution < 1.29 is 4.79 Å². The summed E-state index contributed by atoms with van der Waals surface area (Å²) in [4.78, 5) is 12.0. The average molecular weight is 229 g/mol. The van der Waals surface area contributed by atoms with Gasteiger partial charge >= 0.3 is 0 Å². The van der Waals surface area contributed by atoms with Crippen LogP contribution in [-0.4, -0.2) is 5.91 Å². The topological polar surface area (TPSA) is 29.1 Å². The minimum absolute atomic E-state index is 0.0201. The van der Waals surface area contributed by atoms with Crippen molar-refractivity contribution in [2.75, 3.05) is 5.32 Å². The quantitative estimate of drug-likeness (QED) is 0.775. The first-order valence-electron chi connectivity index (χ1n) is 5.72. The first-order valence-corrected chi connectivity index (χ1v) is 5.72. The SMILES string of the molecule is C#Cc1cccc(NC(=O)C(C)C(C)(C)C)c1. The Hall–Kier alpha value is -1.75. The lowest BCUT2D eigenvalue weighted by Gasteiger charge is -2.26. The van der Waals surface area contributed by atoms with Crippen LogP contribution in [0.1, 0.15) is 33.3 Å². The Bertz CT molecular complexity index is 449. The molecule has 0 radical (unpaired) electrons. The molecule has 0 spiro atoms. The maximum atomic E-state index is 12.0. The highest BCUT2D eigenvalue weighted by atomic mass is 16.1. The summed E-state index contributed by atoms with van der Waals surface area (Å²) in [6, 6.07) is 7.32. The second kappa shape index (κ2) is 5.05. The first-order chi connectivity index (χ1) is 7.84. The number of rotatable bonds is 2. The predicted octanol–water partition coefficient (Wildman–Crippen LogP) is 3.29. The van der Waals surface area contributed by atoms with Gasteiger partial charge in [0.15, 0.2) is 0 Å². The molecule has 0 aromatic heterocycles. The summed E-state index contributed by atoms with van der Waals surface area (Å²) in [5.41, 5.74) is 1.47. The molecule has 2 nitrogen and oxygen atoms in total. The third-order valence-electron chi connectivity index (χ3n) is 2.99. The summed E-state index contributed by atoms with van der Waals surface area (Å²) in [6.07, 6.45) is 5.32. The molecular formula is C15H19NO. The van der Waals surface area contributed by atoms with Gasteiger partial charge in [0.25, 0.3) is 0 Å². The van der Waals surface area contributed by atoms with Gasteiger partial charge in [-0.15, -0.1) is 6.42 Å². The average Bonchev–Trinajstić information content (AvgIpc) is 2.27. The van der Waals surface area contributed by atoms with Crippen LogP contribution in [0.3, 0.4) is 0 Å². The van der Waals surface area contributed by atoms with Crippen LogP contribution in [-0.2, 0) is 4.79 Å². The second-order valence-corrected chi connectivity index (χ2v) is 5.30. The van der Waals surface area contributed by atoms with E-state index in [9.17, 15) is 4.79 Å². The van der Waals surface area contributed by atoms with Gasteiger partial charge < -0.3 is 5.32 Å². The first kappa shape index (κ1) is 13.3. The maximum absolute atomic E-state index is 12.0. The molecule has 0 saturated heterocycles. The highest BCUT2D eigenvalue weighted by Gasteiger charge is 2.26. The van der Waals surface area contributed by atoms with Crippen molar-refractivity contribution in [1.29, 1.82) is 0 Å². The largest absolute Gasteiger partial charge is 0.326 e. The summed E-state index contributed by atoms with van der Waals surface area (Å²) in [7, 11) is 0. The Morgan fingerprint density at radius 3 is 2.59 bits per heavy atom. The second-order valence-electron chi connectivity index (χ2n) is 5.30. The molecular weight excluding hydrogens is 210 g/mol. The van der Waals surface area contributed by atoms with Gasteiger partial charge in [0, 0.05) is 17.2 Å². The van der Waals surface area contributed by atoms with Crippen LogP contribution >= 0.6 is 0 Å². The molecule has 0 aliphatic rings. The van der Waals surface area contributed by atoms with Gasteiger partial charge in [0.1, 0.15) is 0 Å². The molecule has 0 heterocycles. The number of amides is 1. The van der Waals surface area contributed by atoms with Crippen LogP contribution in [0.2, 0.25) is 0 Å². The van der Waals surface area contributed by atoms with Crippen LogP contribution < -0.4 is 5.32 Å². The normalized spacial score (nSPS) is 12.6. The van der Waals surface area contributed by atoms with Crippen molar-refractivity contribution in [2.24, 2.45) is 11.3 Å². The zero-order valence-electron chi connectivity index (χ0n) is 10.9. The van der Waals surface area contributed by atoms with Crippen molar-refractivity contribution in [2.45, 2.75) is 27.7 Å². The minimum atomic E-state index is -0.0583. The van der Waals surface area contributed by atoms with Crippen LogP contribution in [0.5, 0.6) is 0 Å². The molecule has 1 unspecified atom stereocenters. The van der Waals surface area contributed by atoms with Crippen molar-refractivity contribution in [3.63, 3.8) is 0 Å². The Balaban J connectivity index is 2.79. The predicted molar refractivity (Wildman–Crippen MR) is 71.6 cm³/mol. The highest BCUT2D eigenvalue weighted by Crippen LogP contribution is 2.26.